The Morgan fingerprint density at radius 1 is 1.08 bits per heavy atom. The monoisotopic (exact) mass is 360 g/mol. The van der Waals surface area contributed by atoms with E-state index in [1.807, 2.05) is 19.1 Å². The fraction of sp³-hybridized carbons (Fsp3) is 0.316. The van der Waals surface area contributed by atoms with Crippen LogP contribution in [-0.2, 0) is 10.4 Å². The van der Waals surface area contributed by atoms with Gasteiger partial charge in [-0.1, -0.05) is 52.6 Å². The molecule has 124 valence electrons. The summed E-state index contributed by atoms with van der Waals surface area (Å²) in [7, 11) is 0. The minimum Gasteiger partial charge on any atom is -0.384 e. The number of oxime groups is 1. The fourth-order valence-corrected chi connectivity index (χ4v) is 3.71. The van der Waals surface area contributed by atoms with E-state index in [-0.39, 0.29) is 0 Å². The Balaban J connectivity index is 1.54. The second kappa shape index (κ2) is 6.07. The lowest BCUT2D eigenvalue weighted by Gasteiger charge is -2.27. The average molecular weight is 361 g/mol. The quantitative estimate of drug-likeness (QED) is 0.858. The molecule has 2 aromatic rings. The molecule has 1 saturated heterocycles. The third-order valence-corrected chi connectivity index (χ3v) is 5.27. The molecule has 0 radical (unpaired) electrons. The van der Waals surface area contributed by atoms with E-state index in [1.165, 1.54) is 5.56 Å². The molecule has 0 aliphatic carbocycles. The largest absolute Gasteiger partial charge is 0.384 e. The maximum absolute atomic E-state index is 6.13. The number of rotatable bonds is 3. The van der Waals surface area contributed by atoms with Crippen LogP contribution in [0, 0.1) is 0 Å². The first-order valence-electron chi connectivity index (χ1n) is 8.06. The lowest BCUT2D eigenvalue weighted by atomic mass is 9.88. The van der Waals surface area contributed by atoms with Crippen molar-refractivity contribution >= 4 is 28.9 Å². The molecule has 1 unspecified atom stereocenters. The number of nitrogens with zero attached hydrogens (tertiary/aromatic N) is 1. The molecule has 0 spiro atoms. The van der Waals surface area contributed by atoms with Gasteiger partial charge in [-0.2, -0.15) is 0 Å². The number of halogens is 2. The smallest absolute Gasteiger partial charge is 0.165 e. The first-order chi connectivity index (χ1) is 11.5. The lowest BCUT2D eigenvalue weighted by molar-refractivity contribution is -0.00737. The van der Waals surface area contributed by atoms with Crippen LogP contribution in [0.1, 0.15) is 36.0 Å². The van der Waals surface area contributed by atoms with E-state index >= 15 is 0 Å². The lowest BCUT2D eigenvalue weighted by Crippen LogP contribution is -2.39. The molecule has 0 amide bonds. The van der Waals surface area contributed by atoms with Crippen LogP contribution in [0.5, 0.6) is 0 Å². The van der Waals surface area contributed by atoms with E-state index in [9.17, 15) is 0 Å². The van der Waals surface area contributed by atoms with Crippen LogP contribution in [0.3, 0.4) is 0 Å². The minimum atomic E-state index is -0.541. The summed E-state index contributed by atoms with van der Waals surface area (Å²) in [5.41, 5.74) is 3.83. The topological polar surface area (TPSA) is 33.6 Å². The molecule has 4 rings (SSSR count). The highest BCUT2D eigenvalue weighted by atomic mass is 35.5. The summed E-state index contributed by atoms with van der Waals surface area (Å²) in [6.07, 6.45) is 0.688. The number of benzene rings is 2. The Morgan fingerprint density at radius 2 is 1.75 bits per heavy atom. The maximum Gasteiger partial charge on any atom is 0.165 e. The molecule has 1 atom stereocenters. The highest BCUT2D eigenvalue weighted by Crippen LogP contribution is 2.38. The zero-order valence-corrected chi connectivity index (χ0v) is 14.9. The van der Waals surface area contributed by atoms with Crippen LogP contribution >= 0.6 is 23.2 Å². The van der Waals surface area contributed by atoms with Crippen molar-refractivity contribution in [3.63, 3.8) is 0 Å². The van der Waals surface area contributed by atoms with Crippen molar-refractivity contribution in [2.24, 2.45) is 5.16 Å². The summed E-state index contributed by atoms with van der Waals surface area (Å²) in [4.78, 5) is 5.77. The van der Waals surface area contributed by atoms with E-state index in [2.05, 4.69) is 34.7 Å². The maximum atomic E-state index is 6.13. The zero-order chi connectivity index (χ0) is 16.7. The zero-order valence-electron chi connectivity index (χ0n) is 13.4. The highest BCUT2D eigenvalue weighted by molar-refractivity contribution is 6.34. The van der Waals surface area contributed by atoms with Crippen LogP contribution in [0.2, 0.25) is 10.0 Å². The van der Waals surface area contributed by atoms with Crippen LogP contribution in [0.25, 0.3) is 0 Å². The van der Waals surface area contributed by atoms with E-state index in [4.69, 9.17) is 28.0 Å². The number of hydrogen-bond donors (Lipinski definition) is 1. The van der Waals surface area contributed by atoms with Gasteiger partial charge in [0.25, 0.3) is 0 Å². The normalized spacial score (nSPS) is 23.5. The second-order valence-corrected chi connectivity index (χ2v) is 7.55. The van der Waals surface area contributed by atoms with E-state index < -0.39 is 5.60 Å². The third kappa shape index (κ3) is 2.92. The molecule has 24 heavy (non-hydrogen) atoms. The van der Waals surface area contributed by atoms with Crippen molar-refractivity contribution in [2.45, 2.75) is 24.9 Å². The Hall–Kier alpha value is -1.55. The van der Waals surface area contributed by atoms with E-state index in [0.717, 1.165) is 29.9 Å². The summed E-state index contributed by atoms with van der Waals surface area (Å²) in [5, 5.41) is 8.84. The summed E-state index contributed by atoms with van der Waals surface area (Å²) in [6, 6.07) is 14.1. The second-order valence-electron chi connectivity index (χ2n) is 6.67. The van der Waals surface area contributed by atoms with Gasteiger partial charge < -0.3 is 10.2 Å². The summed E-state index contributed by atoms with van der Waals surface area (Å²) in [6.45, 7) is 4.15. The van der Waals surface area contributed by atoms with Crippen molar-refractivity contribution in [1.29, 1.82) is 0 Å². The van der Waals surface area contributed by atoms with Crippen LogP contribution in [-0.4, -0.2) is 18.8 Å². The van der Waals surface area contributed by atoms with Gasteiger partial charge in [0.2, 0.25) is 0 Å². The molecular weight excluding hydrogens is 343 g/mol. The Bertz CT molecular complexity index is 779. The van der Waals surface area contributed by atoms with Crippen molar-refractivity contribution in [2.75, 3.05) is 13.1 Å². The van der Waals surface area contributed by atoms with Gasteiger partial charge in [-0.3, -0.25) is 0 Å². The van der Waals surface area contributed by atoms with Gasteiger partial charge in [-0.05, 0) is 36.2 Å². The van der Waals surface area contributed by atoms with E-state index in [0.29, 0.717) is 22.4 Å². The van der Waals surface area contributed by atoms with Gasteiger partial charge in [0.1, 0.15) is 0 Å². The Morgan fingerprint density at radius 3 is 2.33 bits per heavy atom. The average Bonchev–Trinajstić information content (AvgIpc) is 2.89. The Kier molecular flexibility index (Phi) is 4.03. The van der Waals surface area contributed by atoms with Gasteiger partial charge in [-0.25, -0.2) is 0 Å². The number of nitrogens with one attached hydrogen (secondary N) is 1. The van der Waals surface area contributed by atoms with Gasteiger partial charge in [0.15, 0.2) is 5.60 Å². The Labute approximate surface area is 151 Å². The summed E-state index contributed by atoms with van der Waals surface area (Å²) < 4.78 is 0. The minimum absolute atomic E-state index is 0.541. The van der Waals surface area contributed by atoms with Crippen LogP contribution in [0.4, 0.5) is 0 Å². The van der Waals surface area contributed by atoms with Gasteiger partial charge in [0, 0.05) is 41.0 Å². The highest BCUT2D eigenvalue weighted by Gasteiger charge is 2.37. The van der Waals surface area contributed by atoms with Crippen molar-refractivity contribution in [1.82, 2.24) is 5.32 Å². The van der Waals surface area contributed by atoms with Crippen LogP contribution < -0.4 is 5.32 Å². The molecule has 0 bridgehead atoms. The van der Waals surface area contributed by atoms with Crippen molar-refractivity contribution < 1.29 is 4.84 Å². The molecule has 3 nitrogen and oxygen atoms in total. The SMILES string of the molecule is CC1(c2cc(Cl)cc(Cl)c2)CC(c2ccc(C3CNC3)cc2)=NO1. The van der Waals surface area contributed by atoms with Crippen molar-refractivity contribution in [3.05, 3.63) is 69.2 Å². The molecule has 2 heterocycles. The summed E-state index contributed by atoms with van der Waals surface area (Å²) >= 11 is 12.3. The molecule has 5 heteroatoms. The first kappa shape index (κ1) is 15.9. The number of hydrogen-bond acceptors (Lipinski definition) is 3. The van der Waals surface area contributed by atoms with Gasteiger partial charge >= 0.3 is 0 Å². The molecular formula is C19H18Cl2N2O. The summed E-state index contributed by atoms with van der Waals surface area (Å²) in [5.74, 6) is 0.639. The van der Waals surface area contributed by atoms with E-state index in [1.54, 1.807) is 6.07 Å². The van der Waals surface area contributed by atoms with Crippen molar-refractivity contribution in [3.8, 4) is 0 Å². The fourth-order valence-electron chi connectivity index (χ4n) is 3.18. The predicted molar refractivity (Wildman–Crippen MR) is 98.1 cm³/mol. The molecule has 0 aromatic heterocycles. The third-order valence-electron chi connectivity index (χ3n) is 4.83. The van der Waals surface area contributed by atoms with Crippen LogP contribution in [0.15, 0.2) is 47.6 Å². The first-order valence-corrected chi connectivity index (χ1v) is 8.82. The molecule has 1 N–H and O–H groups in total. The molecule has 2 aromatic carbocycles. The van der Waals surface area contributed by atoms with Gasteiger partial charge in [-0.15, -0.1) is 0 Å². The predicted octanol–water partition coefficient (Wildman–Crippen LogP) is 4.72. The standard InChI is InChI=1S/C19H18Cl2N2O/c1-19(15-6-16(20)8-17(21)7-15)9-18(23-24-19)13-4-2-12(3-5-13)14-10-22-11-14/h2-8,14,22H,9-11H2,1H3. The molecule has 2 aliphatic heterocycles. The molecule has 2 aliphatic rings. The molecule has 0 saturated carbocycles. The van der Waals surface area contributed by atoms with Gasteiger partial charge in [0.05, 0.1) is 5.71 Å². The molecule has 1 fully saturated rings.